The lowest BCUT2D eigenvalue weighted by molar-refractivity contribution is 0.0746. The third kappa shape index (κ3) is 4.94. The number of aromatic nitrogens is 2. The lowest BCUT2D eigenvalue weighted by Gasteiger charge is -2.21. The second kappa shape index (κ2) is 9.13. The number of amides is 1. The predicted molar refractivity (Wildman–Crippen MR) is 113 cm³/mol. The van der Waals surface area contributed by atoms with Gasteiger partial charge in [0.1, 0.15) is 17.3 Å². The molecule has 0 aliphatic rings. The highest BCUT2D eigenvalue weighted by molar-refractivity contribution is 5.93. The number of rotatable bonds is 7. The van der Waals surface area contributed by atoms with E-state index in [1.165, 1.54) is 5.56 Å². The fourth-order valence-electron chi connectivity index (χ4n) is 3.01. The molecule has 1 amide bonds. The minimum absolute atomic E-state index is 0.0961. The molecule has 3 rings (SSSR count). The van der Waals surface area contributed by atoms with Crippen LogP contribution in [0.4, 0.5) is 11.5 Å². The van der Waals surface area contributed by atoms with Crippen LogP contribution >= 0.6 is 0 Å². The van der Waals surface area contributed by atoms with Gasteiger partial charge in [-0.25, -0.2) is 9.97 Å². The van der Waals surface area contributed by atoms with Gasteiger partial charge < -0.3 is 10.2 Å². The van der Waals surface area contributed by atoms with Crippen LogP contribution in [0.5, 0.6) is 0 Å². The fourth-order valence-corrected chi connectivity index (χ4v) is 3.01. The van der Waals surface area contributed by atoms with Crippen molar-refractivity contribution in [2.45, 2.75) is 33.7 Å². The molecule has 0 fully saturated rings. The highest BCUT2D eigenvalue weighted by Gasteiger charge is 2.17. The van der Waals surface area contributed by atoms with Gasteiger partial charge in [0.25, 0.3) is 5.91 Å². The first-order chi connectivity index (χ1) is 13.6. The van der Waals surface area contributed by atoms with Gasteiger partial charge in [-0.3, -0.25) is 4.79 Å². The molecule has 3 aromatic rings. The van der Waals surface area contributed by atoms with Crippen molar-refractivity contribution in [2.75, 3.05) is 11.9 Å². The molecule has 0 saturated carbocycles. The van der Waals surface area contributed by atoms with Gasteiger partial charge in [-0.15, -0.1) is 0 Å². The molecule has 0 spiro atoms. The van der Waals surface area contributed by atoms with E-state index in [1.54, 1.807) is 17.9 Å². The van der Waals surface area contributed by atoms with Crippen LogP contribution in [-0.2, 0) is 13.0 Å². The number of nitrogens with one attached hydrogen (secondary N) is 1. The number of carbonyl (C=O) groups excluding carboxylic acids is 1. The van der Waals surface area contributed by atoms with Crippen molar-refractivity contribution in [3.8, 4) is 0 Å². The highest BCUT2D eigenvalue weighted by Crippen LogP contribution is 2.18. The van der Waals surface area contributed by atoms with Gasteiger partial charge in [-0.05, 0) is 43.5 Å². The van der Waals surface area contributed by atoms with Crippen LogP contribution in [0.15, 0.2) is 60.7 Å². The van der Waals surface area contributed by atoms with Crippen LogP contribution in [0, 0.1) is 6.92 Å². The molecule has 28 heavy (non-hydrogen) atoms. The summed E-state index contributed by atoms with van der Waals surface area (Å²) < 4.78 is 0. The Kier molecular flexibility index (Phi) is 6.37. The predicted octanol–water partition coefficient (Wildman–Crippen LogP) is 4.75. The number of carbonyl (C=O) groups is 1. The van der Waals surface area contributed by atoms with Crippen LogP contribution in [0.2, 0.25) is 0 Å². The van der Waals surface area contributed by atoms with Gasteiger partial charge in [0.15, 0.2) is 0 Å². The van der Waals surface area contributed by atoms with E-state index in [9.17, 15) is 4.79 Å². The van der Waals surface area contributed by atoms with Crippen molar-refractivity contribution in [3.63, 3.8) is 0 Å². The Hall–Kier alpha value is -3.21. The molecule has 0 aliphatic heterocycles. The molecule has 2 aromatic carbocycles. The Morgan fingerprint density at radius 3 is 2.32 bits per heavy atom. The zero-order valence-corrected chi connectivity index (χ0v) is 16.6. The third-order valence-electron chi connectivity index (χ3n) is 4.58. The van der Waals surface area contributed by atoms with E-state index in [0.29, 0.717) is 30.4 Å². The summed E-state index contributed by atoms with van der Waals surface area (Å²) in [4.78, 5) is 23.6. The van der Waals surface area contributed by atoms with E-state index in [0.717, 1.165) is 17.7 Å². The van der Waals surface area contributed by atoms with E-state index in [4.69, 9.17) is 0 Å². The molecule has 5 nitrogen and oxygen atoms in total. The third-order valence-corrected chi connectivity index (χ3v) is 4.58. The first-order valence-corrected chi connectivity index (χ1v) is 9.64. The summed E-state index contributed by atoms with van der Waals surface area (Å²) in [6.07, 6.45) is 1.000. The Balaban J connectivity index is 1.79. The molecule has 0 atom stereocenters. The van der Waals surface area contributed by atoms with Crippen LogP contribution in [0.1, 0.15) is 41.3 Å². The van der Waals surface area contributed by atoms with E-state index in [-0.39, 0.29) is 5.91 Å². The molecule has 1 aromatic heterocycles. The first-order valence-electron chi connectivity index (χ1n) is 9.64. The molecule has 144 valence electrons. The quantitative estimate of drug-likeness (QED) is 0.648. The monoisotopic (exact) mass is 374 g/mol. The molecule has 5 heteroatoms. The summed E-state index contributed by atoms with van der Waals surface area (Å²) >= 11 is 0. The standard InChI is InChI=1S/C23H26N4O/c1-4-18-11-13-20(14-12-18)26-22-15-21(24-17(3)25-22)23(28)27(5-2)16-19-9-7-6-8-10-19/h6-15H,4-5,16H2,1-3H3,(H,24,25,26). The Labute approximate surface area is 166 Å². The van der Waals surface area contributed by atoms with Gasteiger partial charge >= 0.3 is 0 Å². The van der Waals surface area contributed by atoms with Crippen molar-refractivity contribution in [1.29, 1.82) is 0 Å². The Morgan fingerprint density at radius 1 is 0.964 bits per heavy atom. The number of hydrogen-bond acceptors (Lipinski definition) is 4. The lowest BCUT2D eigenvalue weighted by atomic mass is 10.1. The van der Waals surface area contributed by atoms with Crippen molar-refractivity contribution in [2.24, 2.45) is 0 Å². The van der Waals surface area contributed by atoms with Crippen LogP contribution in [0.25, 0.3) is 0 Å². The molecule has 1 heterocycles. The van der Waals surface area contributed by atoms with Crippen molar-refractivity contribution >= 4 is 17.4 Å². The number of nitrogens with zero attached hydrogens (tertiary/aromatic N) is 3. The summed E-state index contributed by atoms with van der Waals surface area (Å²) in [6, 6.07) is 19.9. The van der Waals surface area contributed by atoms with Gasteiger partial charge in [-0.1, -0.05) is 49.4 Å². The first kappa shape index (κ1) is 19.5. The van der Waals surface area contributed by atoms with Crippen molar-refractivity contribution in [1.82, 2.24) is 14.9 Å². The Morgan fingerprint density at radius 2 is 1.68 bits per heavy atom. The van der Waals surface area contributed by atoms with Crippen LogP contribution in [0.3, 0.4) is 0 Å². The normalized spacial score (nSPS) is 10.5. The average Bonchev–Trinajstić information content (AvgIpc) is 2.72. The molecule has 0 aliphatic carbocycles. The largest absolute Gasteiger partial charge is 0.340 e. The second-order valence-electron chi connectivity index (χ2n) is 6.67. The van der Waals surface area contributed by atoms with E-state index >= 15 is 0 Å². The maximum absolute atomic E-state index is 13.0. The maximum atomic E-state index is 13.0. The second-order valence-corrected chi connectivity index (χ2v) is 6.67. The summed E-state index contributed by atoms with van der Waals surface area (Å²) in [5.41, 5.74) is 3.71. The molecule has 0 saturated heterocycles. The summed E-state index contributed by atoms with van der Waals surface area (Å²) in [5, 5.41) is 3.28. The highest BCUT2D eigenvalue weighted by atomic mass is 16.2. The lowest BCUT2D eigenvalue weighted by Crippen LogP contribution is -2.31. The molecular weight excluding hydrogens is 348 g/mol. The zero-order valence-electron chi connectivity index (χ0n) is 16.6. The molecule has 1 N–H and O–H groups in total. The number of benzene rings is 2. The van der Waals surface area contributed by atoms with Gasteiger partial charge in [0.05, 0.1) is 0 Å². The minimum Gasteiger partial charge on any atom is -0.340 e. The smallest absolute Gasteiger partial charge is 0.272 e. The fraction of sp³-hybridized carbons (Fsp3) is 0.261. The van der Waals surface area contributed by atoms with Crippen LogP contribution in [-0.4, -0.2) is 27.3 Å². The van der Waals surface area contributed by atoms with E-state index < -0.39 is 0 Å². The minimum atomic E-state index is -0.0961. The zero-order chi connectivity index (χ0) is 19.9. The van der Waals surface area contributed by atoms with Gasteiger partial charge in [-0.2, -0.15) is 0 Å². The number of hydrogen-bond donors (Lipinski definition) is 1. The van der Waals surface area contributed by atoms with Crippen LogP contribution < -0.4 is 5.32 Å². The average molecular weight is 374 g/mol. The molecule has 0 bridgehead atoms. The van der Waals surface area contributed by atoms with Crippen molar-refractivity contribution in [3.05, 3.63) is 83.3 Å². The van der Waals surface area contributed by atoms with Crippen molar-refractivity contribution < 1.29 is 4.79 Å². The topological polar surface area (TPSA) is 58.1 Å². The number of aryl methyl sites for hydroxylation is 2. The molecule has 0 unspecified atom stereocenters. The van der Waals surface area contributed by atoms with E-state index in [2.05, 4.69) is 34.3 Å². The Bertz CT molecular complexity index is 923. The summed E-state index contributed by atoms with van der Waals surface area (Å²) in [7, 11) is 0. The molecule has 0 radical (unpaired) electrons. The SMILES string of the molecule is CCc1ccc(Nc2cc(C(=O)N(CC)Cc3ccccc3)nc(C)n2)cc1. The number of anilines is 2. The molecular formula is C23H26N4O. The summed E-state index contributed by atoms with van der Waals surface area (Å²) in [5.74, 6) is 1.09. The van der Waals surface area contributed by atoms with Gasteiger partial charge in [0.2, 0.25) is 0 Å². The van der Waals surface area contributed by atoms with Gasteiger partial charge in [0, 0.05) is 24.8 Å². The maximum Gasteiger partial charge on any atom is 0.272 e. The summed E-state index contributed by atoms with van der Waals surface area (Å²) in [6.45, 7) is 7.07. The van der Waals surface area contributed by atoms with E-state index in [1.807, 2.05) is 49.4 Å².